The van der Waals surface area contributed by atoms with E-state index >= 15 is 0 Å². The zero-order valence-electron chi connectivity index (χ0n) is 15.4. The average Bonchev–Trinajstić information content (AvgIpc) is 3.14. The number of nitrogens with one attached hydrogen (secondary N) is 1. The lowest BCUT2D eigenvalue weighted by Gasteiger charge is -2.31. The van der Waals surface area contributed by atoms with Crippen molar-refractivity contribution in [3.63, 3.8) is 0 Å². The molecule has 1 aromatic heterocycles. The average molecular weight is 343 g/mol. The lowest BCUT2D eigenvalue weighted by molar-refractivity contribution is 0.0886. The monoisotopic (exact) mass is 343 g/mol. The van der Waals surface area contributed by atoms with Gasteiger partial charge >= 0.3 is 0 Å². The predicted molar refractivity (Wildman–Crippen MR) is 95.9 cm³/mol. The first-order chi connectivity index (χ1) is 11.7. The van der Waals surface area contributed by atoms with Crippen LogP contribution in [0.15, 0.2) is 30.3 Å². The molecule has 1 aromatic carbocycles. The van der Waals surface area contributed by atoms with Crippen LogP contribution in [0.2, 0.25) is 0 Å². The van der Waals surface area contributed by atoms with Gasteiger partial charge in [0.15, 0.2) is 0 Å². The van der Waals surface area contributed by atoms with Gasteiger partial charge in [0, 0.05) is 18.0 Å². The maximum absolute atomic E-state index is 14.4. The largest absolute Gasteiger partial charge is 0.341 e. The number of nitrogens with zero attached hydrogens (tertiary/aromatic N) is 2. The highest BCUT2D eigenvalue weighted by Crippen LogP contribution is 2.40. The lowest BCUT2D eigenvalue weighted by atomic mass is 9.87. The Morgan fingerprint density at radius 2 is 1.88 bits per heavy atom. The molecule has 0 atom stereocenters. The summed E-state index contributed by atoms with van der Waals surface area (Å²) in [7, 11) is 1.77. The Morgan fingerprint density at radius 3 is 2.44 bits per heavy atom. The van der Waals surface area contributed by atoms with E-state index in [1.165, 1.54) is 6.07 Å². The molecule has 1 saturated carbocycles. The number of amides is 1. The van der Waals surface area contributed by atoms with Gasteiger partial charge in [0.25, 0.3) is 5.91 Å². The van der Waals surface area contributed by atoms with Crippen molar-refractivity contribution in [1.29, 1.82) is 0 Å². The molecule has 0 radical (unpaired) electrons. The summed E-state index contributed by atoms with van der Waals surface area (Å²) in [5.41, 5.74) is 1.19. The van der Waals surface area contributed by atoms with Gasteiger partial charge in [-0.25, -0.2) is 4.39 Å². The first kappa shape index (κ1) is 17.6. The maximum atomic E-state index is 14.4. The van der Waals surface area contributed by atoms with Gasteiger partial charge in [0.2, 0.25) is 0 Å². The van der Waals surface area contributed by atoms with Crippen molar-refractivity contribution < 1.29 is 9.18 Å². The van der Waals surface area contributed by atoms with Crippen LogP contribution in [0.25, 0.3) is 0 Å². The third-order valence-corrected chi connectivity index (χ3v) is 5.08. The number of hydrogen-bond acceptors (Lipinski definition) is 2. The summed E-state index contributed by atoms with van der Waals surface area (Å²) in [6.45, 7) is 6.19. The molecule has 1 amide bonds. The van der Waals surface area contributed by atoms with Gasteiger partial charge in [-0.1, -0.05) is 51.8 Å². The van der Waals surface area contributed by atoms with Gasteiger partial charge in [-0.2, -0.15) is 5.10 Å². The highest BCUT2D eigenvalue weighted by atomic mass is 19.1. The van der Waals surface area contributed by atoms with Crippen LogP contribution in [0.4, 0.5) is 4.39 Å². The number of hydrogen-bond donors (Lipinski definition) is 1. The minimum Gasteiger partial charge on any atom is -0.341 e. The van der Waals surface area contributed by atoms with Crippen LogP contribution in [0.1, 0.15) is 68.2 Å². The van der Waals surface area contributed by atoms with E-state index in [1.807, 2.05) is 12.1 Å². The van der Waals surface area contributed by atoms with E-state index in [0.29, 0.717) is 11.3 Å². The van der Waals surface area contributed by atoms with Crippen LogP contribution >= 0.6 is 0 Å². The Morgan fingerprint density at radius 1 is 1.24 bits per heavy atom. The van der Waals surface area contributed by atoms with E-state index in [-0.39, 0.29) is 17.1 Å². The van der Waals surface area contributed by atoms with E-state index in [4.69, 9.17) is 0 Å². The molecular formula is C20H26FN3O. The van der Waals surface area contributed by atoms with Crippen LogP contribution in [0.3, 0.4) is 0 Å². The number of rotatable bonds is 3. The fraction of sp³-hybridized carbons (Fsp3) is 0.500. The fourth-order valence-corrected chi connectivity index (χ4v) is 3.62. The Kier molecular flexibility index (Phi) is 4.43. The molecule has 0 unspecified atom stereocenters. The van der Waals surface area contributed by atoms with Crippen LogP contribution in [0, 0.1) is 5.82 Å². The summed E-state index contributed by atoms with van der Waals surface area (Å²) in [5.74, 6) is -0.458. The van der Waals surface area contributed by atoms with Gasteiger partial charge in [-0.15, -0.1) is 0 Å². The Labute approximate surface area is 148 Å². The number of carbonyl (C=O) groups excluding carboxylic acids is 1. The fourth-order valence-electron chi connectivity index (χ4n) is 3.62. The molecule has 134 valence electrons. The van der Waals surface area contributed by atoms with E-state index in [9.17, 15) is 9.18 Å². The molecule has 0 saturated heterocycles. The second kappa shape index (κ2) is 6.28. The molecule has 1 heterocycles. The number of carbonyl (C=O) groups is 1. The Balaban J connectivity index is 1.93. The smallest absolute Gasteiger partial charge is 0.270 e. The number of benzene rings is 1. The van der Waals surface area contributed by atoms with Crippen molar-refractivity contribution in [2.75, 3.05) is 0 Å². The van der Waals surface area contributed by atoms with Crippen molar-refractivity contribution in [2.45, 2.75) is 57.4 Å². The molecule has 5 heteroatoms. The molecule has 3 rings (SSSR count). The molecule has 25 heavy (non-hydrogen) atoms. The summed E-state index contributed by atoms with van der Waals surface area (Å²) in [6, 6.07) is 8.58. The van der Waals surface area contributed by atoms with Crippen LogP contribution < -0.4 is 5.32 Å². The third-order valence-electron chi connectivity index (χ3n) is 5.08. The van der Waals surface area contributed by atoms with Crippen LogP contribution in [-0.4, -0.2) is 15.7 Å². The van der Waals surface area contributed by atoms with Gasteiger partial charge < -0.3 is 5.32 Å². The van der Waals surface area contributed by atoms with Gasteiger partial charge in [-0.05, 0) is 25.0 Å². The van der Waals surface area contributed by atoms with E-state index in [1.54, 1.807) is 23.9 Å². The summed E-state index contributed by atoms with van der Waals surface area (Å²) < 4.78 is 16.0. The zero-order chi connectivity index (χ0) is 18.2. The molecule has 1 N–H and O–H groups in total. The van der Waals surface area contributed by atoms with Crippen molar-refractivity contribution in [2.24, 2.45) is 7.05 Å². The summed E-state index contributed by atoms with van der Waals surface area (Å²) in [5, 5.41) is 7.60. The topological polar surface area (TPSA) is 46.9 Å². The second-order valence-corrected chi connectivity index (χ2v) is 8.01. The number of halogens is 1. The first-order valence-electron chi connectivity index (χ1n) is 8.85. The lowest BCUT2D eigenvalue weighted by Crippen LogP contribution is -2.45. The van der Waals surface area contributed by atoms with Crippen molar-refractivity contribution >= 4 is 5.91 Å². The molecule has 1 aliphatic rings. The normalized spacial score (nSPS) is 16.8. The molecule has 2 aromatic rings. The minimum absolute atomic E-state index is 0.132. The van der Waals surface area contributed by atoms with E-state index in [0.717, 1.165) is 31.4 Å². The molecule has 1 fully saturated rings. The standard InChI is InChI=1S/C20H26FN3O/c1-19(2,3)17-13-16(24(4)23-17)18(25)22-20(11-7-8-12-20)14-9-5-6-10-15(14)21/h5-6,9-10,13H,7-8,11-12H2,1-4H3,(H,22,25). The molecule has 1 aliphatic carbocycles. The highest BCUT2D eigenvalue weighted by molar-refractivity contribution is 5.93. The maximum Gasteiger partial charge on any atom is 0.270 e. The van der Waals surface area contributed by atoms with E-state index in [2.05, 4.69) is 31.2 Å². The SMILES string of the molecule is Cn1nc(C(C)(C)C)cc1C(=O)NC1(c2ccccc2F)CCCC1. The predicted octanol–water partition coefficient (Wildman–Crippen LogP) is 4.06. The second-order valence-electron chi connectivity index (χ2n) is 8.01. The number of aryl methyl sites for hydroxylation is 1. The summed E-state index contributed by atoms with van der Waals surface area (Å²) in [4.78, 5) is 13.0. The minimum atomic E-state index is -0.630. The van der Waals surface area contributed by atoms with Crippen LogP contribution in [0.5, 0.6) is 0 Å². The van der Waals surface area contributed by atoms with Crippen molar-refractivity contribution in [1.82, 2.24) is 15.1 Å². The Hall–Kier alpha value is -2.17. The molecule has 0 aliphatic heterocycles. The Bertz CT molecular complexity index is 782. The van der Waals surface area contributed by atoms with Crippen molar-refractivity contribution in [3.8, 4) is 0 Å². The van der Waals surface area contributed by atoms with Gasteiger partial charge in [-0.3, -0.25) is 9.48 Å². The first-order valence-corrected chi connectivity index (χ1v) is 8.85. The summed E-state index contributed by atoms with van der Waals surface area (Å²) in [6.07, 6.45) is 3.47. The quantitative estimate of drug-likeness (QED) is 0.914. The van der Waals surface area contributed by atoms with E-state index < -0.39 is 5.54 Å². The van der Waals surface area contributed by atoms with Gasteiger partial charge in [0.05, 0.1) is 11.2 Å². The highest BCUT2D eigenvalue weighted by Gasteiger charge is 2.39. The zero-order valence-corrected chi connectivity index (χ0v) is 15.4. The molecule has 4 nitrogen and oxygen atoms in total. The molecular weight excluding hydrogens is 317 g/mol. The number of aromatic nitrogens is 2. The molecule has 0 spiro atoms. The summed E-state index contributed by atoms with van der Waals surface area (Å²) >= 11 is 0. The van der Waals surface area contributed by atoms with Crippen molar-refractivity contribution in [3.05, 3.63) is 53.1 Å². The molecule has 0 bridgehead atoms. The van der Waals surface area contributed by atoms with Gasteiger partial charge in [0.1, 0.15) is 11.5 Å². The third kappa shape index (κ3) is 3.32. The van der Waals surface area contributed by atoms with Crippen LogP contribution in [-0.2, 0) is 18.0 Å².